The first-order valence-corrected chi connectivity index (χ1v) is 12.3. The number of carbonyl (C=O) groups excluding carboxylic acids is 1. The van der Waals surface area contributed by atoms with Gasteiger partial charge in [-0.3, -0.25) is 9.69 Å². The molecule has 0 spiro atoms. The van der Waals surface area contributed by atoms with E-state index in [4.69, 9.17) is 21.4 Å². The molecule has 3 aromatic carbocycles. The van der Waals surface area contributed by atoms with Crippen LogP contribution >= 0.6 is 46.0 Å². The Morgan fingerprint density at radius 1 is 1.18 bits per heavy atom. The van der Waals surface area contributed by atoms with E-state index in [9.17, 15) is 9.59 Å². The molecular weight excluding hydrogens is 587 g/mol. The van der Waals surface area contributed by atoms with Crippen molar-refractivity contribution in [3.8, 4) is 5.75 Å². The summed E-state index contributed by atoms with van der Waals surface area (Å²) in [7, 11) is 1.63. The van der Waals surface area contributed by atoms with Gasteiger partial charge in [0.2, 0.25) is 0 Å². The second kappa shape index (κ2) is 10.6. The van der Waals surface area contributed by atoms with Crippen molar-refractivity contribution >= 4 is 74.8 Å². The molecule has 1 saturated heterocycles. The monoisotopic (exact) mass is 604 g/mol. The molecule has 0 saturated carbocycles. The van der Waals surface area contributed by atoms with Crippen molar-refractivity contribution in [1.29, 1.82) is 0 Å². The Labute approximate surface area is 219 Å². The number of aromatic carboxylic acids is 1. The Morgan fingerprint density at radius 2 is 1.94 bits per heavy atom. The van der Waals surface area contributed by atoms with Gasteiger partial charge < -0.3 is 9.84 Å². The lowest BCUT2D eigenvalue weighted by molar-refractivity contribution is -0.121. The number of amides is 1. The number of thioether (sulfide) groups is 1. The van der Waals surface area contributed by atoms with Crippen LogP contribution in [0, 0.1) is 3.57 Å². The molecule has 34 heavy (non-hydrogen) atoms. The highest BCUT2D eigenvalue weighted by molar-refractivity contribution is 14.1. The zero-order chi connectivity index (χ0) is 24.2. The summed E-state index contributed by atoms with van der Waals surface area (Å²) >= 11 is 9.89. The van der Waals surface area contributed by atoms with Crippen LogP contribution in [-0.2, 0) is 11.4 Å². The fourth-order valence-corrected chi connectivity index (χ4v) is 4.68. The number of aliphatic imine (C=N–C) groups is 1. The van der Waals surface area contributed by atoms with Gasteiger partial charge in [-0.15, -0.1) is 0 Å². The van der Waals surface area contributed by atoms with E-state index >= 15 is 0 Å². The molecule has 0 atom stereocenters. The minimum atomic E-state index is -1.03. The predicted octanol–water partition coefficient (Wildman–Crippen LogP) is 6.46. The van der Waals surface area contributed by atoms with Gasteiger partial charge in [0.15, 0.2) is 5.17 Å². The number of halogens is 2. The lowest BCUT2D eigenvalue weighted by Crippen LogP contribution is -2.23. The van der Waals surface area contributed by atoms with E-state index in [0.717, 1.165) is 14.7 Å². The summed E-state index contributed by atoms with van der Waals surface area (Å²) < 4.78 is 7.00. The fourth-order valence-electron chi connectivity index (χ4n) is 3.09. The molecule has 1 amide bonds. The van der Waals surface area contributed by atoms with Crippen LogP contribution in [0.4, 0.5) is 5.69 Å². The molecule has 0 aliphatic carbocycles. The number of rotatable bonds is 6. The topological polar surface area (TPSA) is 79.2 Å². The Bertz CT molecular complexity index is 1320. The normalized spacial score (nSPS) is 15.9. The highest BCUT2D eigenvalue weighted by Gasteiger charge is 2.30. The van der Waals surface area contributed by atoms with Gasteiger partial charge in [0.25, 0.3) is 5.91 Å². The minimum absolute atomic E-state index is 0.133. The van der Waals surface area contributed by atoms with E-state index in [1.165, 1.54) is 28.8 Å². The quantitative estimate of drug-likeness (QED) is 0.258. The van der Waals surface area contributed by atoms with Crippen LogP contribution in [0.25, 0.3) is 6.08 Å². The van der Waals surface area contributed by atoms with Crippen LogP contribution in [0.5, 0.6) is 5.75 Å². The van der Waals surface area contributed by atoms with Gasteiger partial charge in [-0.1, -0.05) is 35.9 Å². The number of carbonyl (C=O) groups is 2. The molecule has 1 heterocycles. The van der Waals surface area contributed by atoms with Crippen LogP contribution in [0.2, 0.25) is 5.02 Å². The molecule has 1 N–H and O–H groups in total. The standard InChI is InChI=1S/C25H18ClIN2O4S/c1-29-23(30)22(34-25(29)28-19-4-2-3-17(13-19)24(31)32)12-16-7-10-21(20(26)11-16)33-14-15-5-8-18(27)9-6-15/h2-13H,14H2,1H3,(H,31,32). The number of hydrogen-bond donors (Lipinski definition) is 1. The van der Waals surface area contributed by atoms with Crippen molar-refractivity contribution in [1.82, 2.24) is 4.90 Å². The average Bonchev–Trinajstić information content (AvgIpc) is 3.07. The van der Waals surface area contributed by atoms with Crippen LogP contribution < -0.4 is 4.74 Å². The van der Waals surface area contributed by atoms with E-state index < -0.39 is 5.97 Å². The van der Waals surface area contributed by atoms with E-state index in [-0.39, 0.29) is 11.5 Å². The molecule has 172 valence electrons. The van der Waals surface area contributed by atoms with Crippen molar-refractivity contribution in [3.05, 3.63) is 96.9 Å². The molecule has 1 fully saturated rings. The second-order valence-electron chi connectivity index (χ2n) is 7.33. The summed E-state index contributed by atoms with van der Waals surface area (Å²) in [6, 6.07) is 19.7. The van der Waals surface area contributed by atoms with Crippen LogP contribution in [0.15, 0.2) is 76.6 Å². The van der Waals surface area contributed by atoms with Gasteiger partial charge in [0.05, 0.1) is 21.2 Å². The number of amidine groups is 1. The van der Waals surface area contributed by atoms with Gasteiger partial charge >= 0.3 is 5.97 Å². The molecule has 1 aliphatic rings. The maximum Gasteiger partial charge on any atom is 0.335 e. The maximum absolute atomic E-state index is 12.7. The summed E-state index contributed by atoms with van der Waals surface area (Å²) in [5, 5.41) is 10.1. The third-order valence-electron chi connectivity index (χ3n) is 4.88. The Balaban J connectivity index is 1.49. The molecule has 0 aromatic heterocycles. The number of carboxylic acids is 1. The molecular formula is C25H18ClIN2O4S. The number of likely N-dealkylation sites (N-methyl/N-ethyl adjacent to an activating group) is 1. The van der Waals surface area contributed by atoms with E-state index in [2.05, 4.69) is 27.6 Å². The first kappa shape index (κ1) is 24.3. The molecule has 6 nitrogen and oxygen atoms in total. The summed E-state index contributed by atoms with van der Waals surface area (Å²) in [6.45, 7) is 0.402. The van der Waals surface area contributed by atoms with Crippen LogP contribution in [-0.4, -0.2) is 34.1 Å². The Morgan fingerprint density at radius 3 is 2.65 bits per heavy atom. The van der Waals surface area contributed by atoms with Gasteiger partial charge in [-0.2, -0.15) is 0 Å². The first-order valence-electron chi connectivity index (χ1n) is 10.1. The summed E-state index contributed by atoms with van der Waals surface area (Å²) in [4.78, 5) is 30.3. The lowest BCUT2D eigenvalue weighted by atomic mass is 10.2. The molecule has 3 aromatic rings. The molecule has 0 bridgehead atoms. The lowest BCUT2D eigenvalue weighted by Gasteiger charge is -2.09. The van der Waals surface area contributed by atoms with E-state index in [1.54, 1.807) is 37.4 Å². The van der Waals surface area contributed by atoms with Crippen LogP contribution in [0.3, 0.4) is 0 Å². The smallest absolute Gasteiger partial charge is 0.335 e. The van der Waals surface area contributed by atoms with E-state index in [0.29, 0.717) is 33.1 Å². The van der Waals surface area contributed by atoms with Gasteiger partial charge in [-0.05, 0) is 94.0 Å². The average molecular weight is 605 g/mol. The third-order valence-corrected chi connectivity index (χ3v) is 6.96. The van der Waals surface area contributed by atoms with Gasteiger partial charge in [-0.25, -0.2) is 9.79 Å². The third kappa shape index (κ3) is 5.81. The zero-order valence-electron chi connectivity index (χ0n) is 17.9. The van der Waals surface area contributed by atoms with Gasteiger partial charge in [0.1, 0.15) is 12.4 Å². The SMILES string of the molecule is CN1C(=O)C(=Cc2ccc(OCc3ccc(I)cc3)c(Cl)c2)SC1=Nc1cccc(C(=O)O)c1. The largest absolute Gasteiger partial charge is 0.487 e. The maximum atomic E-state index is 12.7. The summed E-state index contributed by atoms with van der Waals surface area (Å²) in [6.07, 6.45) is 1.74. The van der Waals surface area contributed by atoms with Crippen molar-refractivity contribution < 1.29 is 19.4 Å². The number of hydrogen-bond acceptors (Lipinski definition) is 5. The van der Waals surface area contributed by atoms with Crippen molar-refractivity contribution in [2.45, 2.75) is 6.61 Å². The number of carboxylic acid groups (broad SMARTS) is 1. The Kier molecular flexibility index (Phi) is 7.60. The number of nitrogens with zero attached hydrogens (tertiary/aromatic N) is 2. The van der Waals surface area contributed by atoms with Crippen molar-refractivity contribution in [2.24, 2.45) is 4.99 Å². The highest BCUT2D eigenvalue weighted by Crippen LogP contribution is 2.34. The molecule has 1 aliphatic heterocycles. The first-order chi connectivity index (χ1) is 16.3. The summed E-state index contributed by atoms with van der Waals surface area (Å²) in [5.74, 6) is -0.673. The van der Waals surface area contributed by atoms with E-state index in [1.807, 2.05) is 30.3 Å². The van der Waals surface area contributed by atoms with Crippen molar-refractivity contribution in [3.63, 3.8) is 0 Å². The molecule has 9 heteroatoms. The second-order valence-corrected chi connectivity index (χ2v) is 9.99. The van der Waals surface area contributed by atoms with Crippen LogP contribution in [0.1, 0.15) is 21.5 Å². The van der Waals surface area contributed by atoms with Crippen molar-refractivity contribution in [2.75, 3.05) is 7.05 Å². The molecule has 0 radical (unpaired) electrons. The minimum Gasteiger partial charge on any atom is -0.487 e. The zero-order valence-corrected chi connectivity index (χ0v) is 21.6. The fraction of sp³-hybridized carbons (Fsp3) is 0.0800. The number of benzene rings is 3. The molecule has 4 rings (SSSR count). The predicted molar refractivity (Wildman–Crippen MR) is 144 cm³/mol. The molecule has 0 unspecified atom stereocenters. The highest BCUT2D eigenvalue weighted by atomic mass is 127. The van der Waals surface area contributed by atoms with Gasteiger partial charge in [0, 0.05) is 10.6 Å². The number of ether oxygens (including phenoxy) is 1. The Hall–Kier alpha value is -2.82. The summed E-state index contributed by atoms with van der Waals surface area (Å²) in [5.41, 5.74) is 2.39.